The summed E-state index contributed by atoms with van der Waals surface area (Å²) < 4.78 is 9.88. The number of fused-ring (bicyclic) bond motifs is 3. The largest absolute Gasteiger partial charge is 0.497 e. The normalized spacial score (nSPS) is 15.8. The molecular weight excluding hydrogens is 266 g/mol. The molecule has 2 aliphatic heterocycles. The number of rotatable bonds is 1. The van der Waals surface area contributed by atoms with Gasteiger partial charge in [-0.1, -0.05) is 0 Å². The van der Waals surface area contributed by atoms with Gasteiger partial charge in [0.25, 0.3) is 0 Å². The van der Waals surface area contributed by atoms with Crippen LogP contribution in [0.2, 0.25) is 0 Å². The predicted octanol–water partition coefficient (Wildman–Crippen LogP) is 2.59. The third-order valence-corrected chi connectivity index (χ3v) is 3.67. The number of H-pyrrole nitrogens is 1. The highest BCUT2D eigenvalue weighted by atomic mass is 16.5. The summed E-state index contributed by atoms with van der Waals surface area (Å²) in [6.07, 6.45) is 2.51. The van der Waals surface area contributed by atoms with Gasteiger partial charge in [0.1, 0.15) is 12.4 Å². The van der Waals surface area contributed by atoms with Crippen LogP contribution in [0.3, 0.4) is 0 Å². The van der Waals surface area contributed by atoms with Gasteiger partial charge in [-0.05, 0) is 31.0 Å². The maximum atomic E-state index is 5.23. The van der Waals surface area contributed by atoms with Crippen LogP contribution in [0.4, 0.5) is 0 Å². The fraction of sp³-hybridized carbons (Fsp3) is 0.375. The van der Waals surface area contributed by atoms with Crippen LogP contribution >= 0.6 is 0 Å². The highest BCUT2D eigenvalue weighted by Gasteiger charge is 2.16. The van der Waals surface area contributed by atoms with E-state index in [0.29, 0.717) is 0 Å². The molecule has 1 aromatic carbocycles. The van der Waals surface area contributed by atoms with Gasteiger partial charge < -0.3 is 14.5 Å². The third kappa shape index (κ3) is 2.77. The predicted molar refractivity (Wildman–Crippen MR) is 84.9 cm³/mol. The summed E-state index contributed by atoms with van der Waals surface area (Å²) >= 11 is 0. The molecule has 3 heterocycles. The molecule has 0 fully saturated rings. The second-order valence-electron chi connectivity index (χ2n) is 4.99. The number of hydrogen-bond donors (Lipinski definition) is 1. The van der Waals surface area contributed by atoms with Gasteiger partial charge in [-0.15, -0.1) is 0 Å². The molecule has 110 valence electrons. The minimum Gasteiger partial charge on any atom is -0.497 e. The topological polar surface area (TPSA) is 59.0 Å². The van der Waals surface area contributed by atoms with E-state index in [0.717, 1.165) is 43.1 Å². The standard InChI is InChI=1S/C13H14N2O.C3H5NO/c1-8-13-11(5-6-14-8)10-4-3-9(16-2)7-12(10)15-13;1-2-5-3-4-1/h3-4,7,15H,5-6H2,1-2H3;3H,1-2H2. The van der Waals surface area contributed by atoms with Gasteiger partial charge in [0, 0.05) is 23.5 Å². The van der Waals surface area contributed by atoms with Crippen molar-refractivity contribution >= 4 is 23.0 Å². The number of ether oxygens (including phenoxy) is 2. The van der Waals surface area contributed by atoms with Gasteiger partial charge in [0.15, 0.2) is 6.40 Å². The molecule has 1 N–H and O–H groups in total. The summed E-state index contributed by atoms with van der Waals surface area (Å²) in [5.74, 6) is 0.890. The Hall–Kier alpha value is -2.30. The SMILES string of the molecule is C1=NCCO1.COc1ccc2c3c([nH]c2c1)C(C)=NCC3. The molecule has 0 bridgehead atoms. The minimum atomic E-state index is 0.778. The quantitative estimate of drug-likeness (QED) is 0.875. The molecule has 5 heteroatoms. The second-order valence-corrected chi connectivity index (χ2v) is 4.99. The smallest absolute Gasteiger partial charge is 0.169 e. The Bertz CT molecular complexity index is 695. The van der Waals surface area contributed by atoms with E-state index >= 15 is 0 Å². The molecule has 2 aromatic rings. The summed E-state index contributed by atoms with van der Waals surface area (Å²) in [6.45, 7) is 4.59. The molecule has 0 saturated heterocycles. The Morgan fingerprint density at radius 1 is 1.29 bits per heavy atom. The first-order valence-corrected chi connectivity index (χ1v) is 7.09. The van der Waals surface area contributed by atoms with Crippen LogP contribution in [0.15, 0.2) is 28.2 Å². The van der Waals surface area contributed by atoms with Gasteiger partial charge in [0.05, 0.1) is 25.1 Å². The van der Waals surface area contributed by atoms with E-state index in [-0.39, 0.29) is 0 Å². The van der Waals surface area contributed by atoms with Crippen LogP contribution in [0.5, 0.6) is 5.75 Å². The van der Waals surface area contributed by atoms with E-state index in [2.05, 4.69) is 32.7 Å². The Labute approximate surface area is 123 Å². The van der Waals surface area contributed by atoms with E-state index in [1.54, 1.807) is 7.11 Å². The van der Waals surface area contributed by atoms with Gasteiger partial charge in [0.2, 0.25) is 0 Å². The monoisotopic (exact) mass is 285 g/mol. The van der Waals surface area contributed by atoms with Crippen molar-refractivity contribution in [2.45, 2.75) is 13.3 Å². The molecule has 0 radical (unpaired) electrons. The molecule has 5 nitrogen and oxygen atoms in total. The maximum absolute atomic E-state index is 5.23. The lowest BCUT2D eigenvalue weighted by Crippen LogP contribution is -2.08. The van der Waals surface area contributed by atoms with Crippen LogP contribution in [0, 0.1) is 0 Å². The van der Waals surface area contributed by atoms with Gasteiger partial charge in [-0.2, -0.15) is 0 Å². The Morgan fingerprint density at radius 3 is 2.86 bits per heavy atom. The first-order valence-electron chi connectivity index (χ1n) is 7.09. The van der Waals surface area contributed by atoms with Crippen LogP contribution in [0.25, 0.3) is 10.9 Å². The number of aromatic amines is 1. The highest BCUT2D eigenvalue weighted by Crippen LogP contribution is 2.28. The molecule has 0 unspecified atom stereocenters. The lowest BCUT2D eigenvalue weighted by molar-refractivity contribution is 0.361. The number of aliphatic imine (C=N–C) groups is 2. The molecule has 0 spiro atoms. The van der Waals surface area contributed by atoms with Crippen LogP contribution in [-0.2, 0) is 11.2 Å². The van der Waals surface area contributed by atoms with Crippen molar-refractivity contribution in [3.63, 3.8) is 0 Å². The van der Waals surface area contributed by atoms with Gasteiger partial charge >= 0.3 is 0 Å². The average molecular weight is 285 g/mol. The van der Waals surface area contributed by atoms with Crippen molar-refractivity contribution < 1.29 is 9.47 Å². The Morgan fingerprint density at radius 2 is 2.19 bits per heavy atom. The highest BCUT2D eigenvalue weighted by molar-refractivity contribution is 6.05. The van der Waals surface area contributed by atoms with Crippen LogP contribution in [0.1, 0.15) is 18.2 Å². The first-order chi connectivity index (χ1) is 10.3. The van der Waals surface area contributed by atoms with Crippen molar-refractivity contribution in [1.29, 1.82) is 0 Å². The fourth-order valence-corrected chi connectivity index (χ4v) is 2.61. The average Bonchev–Trinajstić information content (AvgIpc) is 3.18. The zero-order chi connectivity index (χ0) is 14.7. The summed E-state index contributed by atoms with van der Waals surface area (Å²) in [7, 11) is 1.69. The number of nitrogens with one attached hydrogen (secondary N) is 1. The molecule has 21 heavy (non-hydrogen) atoms. The van der Waals surface area contributed by atoms with Crippen molar-refractivity contribution in [2.24, 2.45) is 9.98 Å². The van der Waals surface area contributed by atoms with Gasteiger partial charge in [-0.25, -0.2) is 0 Å². The molecule has 0 saturated carbocycles. The molecule has 4 rings (SSSR count). The lowest BCUT2D eigenvalue weighted by atomic mass is 10.0. The summed E-state index contributed by atoms with van der Waals surface area (Å²) in [4.78, 5) is 11.6. The molecule has 0 amide bonds. The molecule has 1 aromatic heterocycles. The van der Waals surface area contributed by atoms with Crippen molar-refractivity contribution in [3.8, 4) is 5.75 Å². The first kappa shape index (κ1) is 13.7. The lowest BCUT2D eigenvalue weighted by Gasteiger charge is -2.09. The molecular formula is C16H19N3O2. The molecule has 0 aliphatic carbocycles. The van der Waals surface area contributed by atoms with E-state index in [4.69, 9.17) is 4.74 Å². The number of hydrogen-bond acceptors (Lipinski definition) is 4. The summed E-state index contributed by atoms with van der Waals surface area (Å²) in [6, 6.07) is 6.18. The molecule has 2 aliphatic rings. The number of methoxy groups -OCH3 is 1. The van der Waals surface area contributed by atoms with Crippen LogP contribution in [-0.4, -0.2) is 43.9 Å². The maximum Gasteiger partial charge on any atom is 0.169 e. The molecule has 0 atom stereocenters. The van der Waals surface area contributed by atoms with E-state index < -0.39 is 0 Å². The van der Waals surface area contributed by atoms with Crippen molar-refractivity contribution in [2.75, 3.05) is 26.8 Å². The van der Waals surface area contributed by atoms with Crippen LogP contribution < -0.4 is 4.74 Å². The van der Waals surface area contributed by atoms with Crippen molar-refractivity contribution in [3.05, 3.63) is 29.5 Å². The number of nitrogens with zero attached hydrogens (tertiary/aromatic N) is 2. The fourth-order valence-electron chi connectivity index (χ4n) is 2.61. The van der Waals surface area contributed by atoms with E-state index in [1.807, 2.05) is 12.1 Å². The Kier molecular flexibility index (Phi) is 3.90. The zero-order valence-electron chi connectivity index (χ0n) is 12.3. The zero-order valence-corrected chi connectivity index (χ0v) is 12.3. The third-order valence-electron chi connectivity index (χ3n) is 3.67. The summed E-state index contributed by atoms with van der Waals surface area (Å²) in [5, 5.41) is 1.30. The second kappa shape index (κ2) is 5.99. The van der Waals surface area contributed by atoms with E-state index in [1.165, 1.54) is 23.0 Å². The number of aromatic nitrogens is 1. The van der Waals surface area contributed by atoms with Gasteiger partial charge in [-0.3, -0.25) is 9.98 Å². The number of benzene rings is 1. The Balaban J connectivity index is 0.000000225. The van der Waals surface area contributed by atoms with Crippen molar-refractivity contribution in [1.82, 2.24) is 4.98 Å². The minimum absolute atomic E-state index is 0.778. The van der Waals surface area contributed by atoms with E-state index in [9.17, 15) is 0 Å². The summed E-state index contributed by atoms with van der Waals surface area (Å²) in [5.41, 5.74) is 4.83.